The predicted molar refractivity (Wildman–Crippen MR) is 76.2 cm³/mol. The number of nitrogens with one attached hydrogen (secondary N) is 1. The lowest BCUT2D eigenvalue weighted by Crippen LogP contribution is -2.66. The fourth-order valence-corrected chi connectivity index (χ4v) is 2.31. The molecule has 0 aromatic rings. The van der Waals surface area contributed by atoms with E-state index < -0.39 is 54.5 Å². The van der Waals surface area contributed by atoms with E-state index in [0.717, 1.165) is 13.8 Å². The first-order valence-corrected chi connectivity index (χ1v) is 7.20. The molecule has 2 N–H and O–H groups in total. The second kappa shape index (κ2) is 8.60. The van der Waals surface area contributed by atoms with Gasteiger partial charge in [-0.15, -0.1) is 0 Å². The Morgan fingerprint density at radius 2 is 1.50 bits per heavy atom. The Labute approximate surface area is 138 Å². The summed E-state index contributed by atoms with van der Waals surface area (Å²) in [6, 6.07) is -1.16. The Morgan fingerprint density at radius 3 is 1.96 bits per heavy atom. The third-order valence-corrected chi connectivity index (χ3v) is 3.09. The third kappa shape index (κ3) is 5.78. The average molecular weight is 347 g/mol. The minimum atomic E-state index is -1.56. The zero-order valence-corrected chi connectivity index (χ0v) is 13.8. The predicted octanol–water partition coefficient (Wildman–Crippen LogP) is -1.37. The van der Waals surface area contributed by atoms with Crippen molar-refractivity contribution in [3.63, 3.8) is 0 Å². The molecule has 0 saturated carbocycles. The van der Waals surface area contributed by atoms with Gasteiger partial charge in [0.05, 0.1) is 0 Å². The highest BCUT2D eigenvalue weighted by Crippen LogP contribution is 2.26. The van der Waals surface area contributed by atoms with E-state index in [2.05, 4.69) is 5.32 Å². The second-order valence-corrected chi connectivity index (χ2v) is 5.24. The third-order valence-electron chi connectivity index (χ3n) is 3.09. The highest BCUT2D eigenvalue weighted by Gasteiger charge is 2.50. The molecule has 1 saturated heterocycles. The van der Waals surface area contributed by atoms with Crippen molar-refractivity contribution in [2.45, 2.75) is 58.3 Å². The van der Waals surface area contributed by atoms with Crippen LogP contribution >= 0.6 is 0 Å². The summed E-state index contributed by atoms with van der Waals surface area (Å²) in [5.41, 5.74) is 0. The van der Waals surface area contributed by atoms with Crippen LogP contribution in [0.2, 0.25) is 0 Å². The standard InChI is InChI=1S/C14H21NO9/c1-6(16)15-11-13(23-9(4)19)12(22-8(3)18)10(24-14(11)20)5-21-7(2)17/h10-14,20H,5H2,1-4H3,(H,15,16)/t10?,11?,12-,13+,14+/m0/s1. The van der Waals surface area contributed by atoms with Crippen LogP contribution in [0, 0.1) is 0 Å². The van der Waals surface area contributed by atoms with Crippen LogP contribution in [0.15, 0.2) is 0 Å². The number of rotatable bonds is 5. The molecule has 10 heteroatoms. The molecule has 1 amide bonds. The summed E-state index contributed by atoms with van der Waals surface area (Å²) in [7, 11) is 0. The minimum absolute atomic E-state index is 0.338. The normalized spacial score (nSPS) is 29.3. The smallest absolute Gasteiger partial charge is 0.303 e. The first-order chi connectivity index (χ1) is 11.1. The van der Waals surface area contributed by atoms with Crippen molar-refractivity contribution in [2.24, 2.45) is 0 Å². The molecule has 0 aliphatic carbocycles. The molecule has 136 valence electrons. The van der Waals surface area contributed by atoms with Gasteiger partial charge in [0.25, 0.3) is 0 Å². The first-order valence-electron chi connectivity index (χ1n) is 7.20. The summed E-state index contributed by atoms with van der Waals surface area (Å²) in [5.74, 6) is -2.54. The molecular formula is C14H21NO9. The number of ether oxygens (including phenoxy) is 4. The van der Waals surface area contributed by atoms with Crippen molar-refractivity contribution < 1.29 is 43.2 Å². The van der Waals surface area contributed by atoms with Crippen molar-refractivity contribution >= 4 is 23.8 Å². The molecule has 1 fully saturated rings. The summed E-state index contributed by atoms with van der Waals surface area (Å²) in [6.45, 7) is 4.28. The lowest BCUT2D eigenvalue weighted by molar-refractivity contribution is -0.264. The Bertz CT molecular complexity index is 506. The zero-order valence-electron chi connectivity index (χ0n) is 13.8. The lowest BCUT2D eigenvalue weighted by atomic mass is 9.96. The van der Waals surface area contributed by atoms with Gasteiger partial charge < -0.3 is 29.4 Å². The highest BCUT2D eigenvalue weighted by atomic mass is 16.7. The highest BCUT2D eigenvalue weighted by molar-refractivity contribution is 5.73. The fraction of sp³-hybridized carbons (Fsp3) is 0.714. The molecule has 0 bridgehead atoms. The number of hydrogen-bond acceptors (Lipinski definition) is 9. The number of aliphatic hydroxyl groups excluding tert-OH is 1. The van der Waals surface area contributed by atoms with Gasteiger partial charge in [-0.3, -0.25) is 19.2 Å². The summed E-state index contributed by atoms with van der Waals surface area (Å²) in [4.78, 5) is 45.0. The average Bonchev–Trinajstić information content (AvgIpc) is 2.42. The molecule has 1 aliphatic rings. The summed E-state index contributed by atoms with van der Waals surface area (Å²) in [5, 5.41) is 12.5. The molecule has 0 aromatic carbocycles. The van der Waals surface area contributed by atoms with Crippen molar-refractivity contribution in [1.82, 2.24) is 5.32 Å². The number of amides is 1. The van der Waals surface area contributed by atoms with E-state index in [0.29, 0.717) is 0 Å². The largest absolute Gasteiger partial charge is 0.463 e. The molecule has 2 unspecified atom stereocenters. The second-order valence-electron chi connectivity index (χ2n) is 5.24. The van der Waals surface area contributed by atoms with E-state index in [1.54, 1.807) is 0 Å². The van der Waals surface area contributed by atoms with Gasteiger partial charge in [0, 0.05) is 27.7 Å². The van der Waals surface area contributed by atoms with Crippen LogP contribution in [-0.4, -0.2) is 66.2 Å². The van der Waals surface area contributed by atoms with Crippen molar-refractivity contribution in [3.8, 4) is 0 Å². The molecule has 0 aromatic heterocycles. The van der Waals surface area contributed by atoms with E-state index in [-0.39, 0.29) is 6.61 Å². The van der Waals surface area contributed by atoms with E-state index >= 15 is 0 Å². The molecule has 10 nitrogen and oxygen atoms in total. The maximum Gasteiger partial charge on any atom is 0.303 e. The quantitative estimate of drug-likeness (QED) is 0.456. The maximum atomic E-state index is 11.4. The van der Waals surface area contributed by atoms with Gasteiger partial charge >= 0.3 is 17.9 Å². The Kier molecular flexibility index (Phi) is 7.11. The summed E-state index contributed by atoms with van der Waals surface area (Å²) < 4.78 is 20.3. The van der Waals surface area contributed by atoms with Crippen LogP contribution in [-0.2, 0) is 38.1 Å². The molecule has 1 heterocycles. The van der Waals surface area contributed by atoms with Gasteiger partial charge in [0.1, 0.15) is 18.8 Å². The fourth-order valence-electron chi connectivity index (χ4n) is 2.31. The van der Waals surface area contributed by atoms with Crippen molar-refractivity contribution in [1.29, 1.82) is 0 Å². The van der Waals surface area contributed by atoms with Gasteiger partial charge in [-0.2, -0.15) is 0 Å². The van der Waals surface area contributed by atoms with E-state index in [4.69, 9.17) is 18.9 Å². The number of esters is 3. The summed E-state index contributed by atoms with van der Waals surface area (Å²) >= 11 is 0. The van der Waals surface area contributed by atoms with Gasteiger partial charge in [0.2, 0.25) is 5.91 Å². The molecule has 1 aliphatic heterocycles. The lowest BCUT2D eigenvalue weighted by Gasteiger charge is -2.43. The van der Waals surface area contributed by atoms with Crippen LogP contribution in [0.1, 0.15) is 27.7 Å². The number of hydrogen-bond donors (Lipinski definition) is 2. The Balaban J connectivity index is 3.11. The number of aliphatic hydroxyl groups is 1. The van der Waals surface area contributed by atoms with Crippen molar-refractivity contribution in [3.05, 3.63) is 0 Å². The molecule has 5 atom stereocenters. The molecular weight excluding hydrogens is 326 g/mol. The van der Waals surface area contributed by atoms with Crippen LogP contribution in [0.4, 0.5) is 0 Å². The van der Waals surface area contributed by atoms with Gasteiger partial charge in [-0.25, -0.2) is 0 Å². The summed E-state index contributed by atoms with van der Waals surface area (Å²) in [6.07, 6.45) is -5.06. The first kappa shape index (κ1) is 19.8. The maximum absolute atomic E-state index is 11.4. The molecule has 24 heavy (non-hydrogen) atoms. The molecule has 0 radical (unpaired) electrons. The van der Waals surface area contributed by atoms with Crippen LogP contribution in [0.5, 0.6) is 0 Å². The topological polar surface area (TPSA) is 137 Å². The molecule has 1 rings (SSSR count). The SMILES string of the molecule is CC(=O)NC1[C@H](O)OC(COC(C)=O)[C@H](OC(C)=O)[C@@H]1OC(C)=O. The monoisotopic (exact) mass is 347 g/mol. The van der Waals surface area contributed by atoms with E-state index in [9.17, 15) is 24.3 Å². The van der Waals surface area contributed by atoms with Gasteiger partial charge in [-0.1, -0.05) is 0 Å². The molecule has 0 spiro atoms. The van der Waals surface area contributed by atoms with Crippen LogP contribution < -0.4 is 5.32 Å². The Morgan fingerprint density at radius 1 is 0.958 bits per heavy atom. The Hall–Kier alpha value is -2.20. The van der Waals surface area contributed by atoms with E-state index in [1.807, 2.05) is 0 Å². The van der Waals surface area contributed by atoms with Crippen molar-refractivity contribution in [2.75, 3.05) is 6.61 Å². The van der Waals surface area contributed by atoms with Crippen LogP contribution in [0.3, 0.4) is 0 Å². The van der Waals surface area contributed by atoms with E-state index in [1.165, 1.54) is 13.8 Å². The minimum Gasteiger partial charge on any atom is -0.463 e. The number of carbonyl (C=O) groups is 4. The van der Waals surface area contributed by atoms with Gasteiger partial charge in [0.15, 0.2) is 18.5 Å². The van der Waals surface area contributed by atoms with Gasteiger partial charge in [-0.05, 0) is 0 Å². The number of carbonyl (C=O) groups excluding carboxylic acids is 4. The zero-order chi connectivity index (χ0) is 18.4. The van der Waals surface area contributed by atoms with Crippen LogP contribution in [0.25, 0.3) is 0 Å².